The molecule has 1 aliphatic heterocycles. The fourth-order valence-corrected chi connectivity index (χ4v) is 3.62. The summed E-state index contributed by atoms with van der Waals surface area (Å²) in [6.07, 6.45) is 0.977. The molecule has 4 atom stereocenters. The molecule has 0 bridgehead atoms. The van der Waals surface area contributed by atoms with E-state index in [-0.39, 0.29) is 12.1 Å². The maximum atomic E-state index is 6.45. The highest BCUT2D eigenvalue weighted by atomic mass is 35.5. The Morgan fingerprint density at radius 1 is 1.29 bits per heavy atom. The van der Waals surface area contributed by atoms with Crippen LogP contribution in [0.25, 0.3) is 0 Å². The molecule has 4 unspecified atom stereocenters. The van der Waals surface area contributed by atoms with Gasteiger partial charge in [0, 0.05) is 36.2 Å². The fraction of sp³-hybridized carbons (Fsp3) is 0.647. The smallest absolute Gasteiger partial charge is 0.0499 e. The summed E-state index contributed by atoms with van der Waals surface area (Å²) in [5.74, 6) is 0.666. The lowest BCUT2D eigenvalue weighted by molar-refractivity contribution is 0.190. The average Bonchev–Trinajstić information content (AvgIpc) is 2.83. The molecule has 0 aromatic heterocycles. The van der Waals surface area contributed by atoms with Gasteiger partial charge < -0.3 is 10.6 Å². The van der Waals surface area contributed by atoms with E-state index in [0.29, 0.717) is 12.0 Å². The van der Waals surface area contributed by atoms with Crippen molar-refractivity contribution in [3.8, 4) is 0 Å². The van der Waals surface area contributed by atoms with E-state index in [2.05, 4.69) is 49.9 Å². The van der Waals surface area contributed by atoms with E-state index in [0.717, 1.165) is 24.5 Å². The van der Waals surface area contributed by atoms with E-state index in [1.807, 2.05) is 12.1 Å². The predicted octanol–water partition coefficient (Wildman–Crippen LogP) is 3.00. The maximum absolute atomic E-state index is 6.45. The van der Waals surface area contributed by atoms with Crippen LogP contribution >= 0.6 is 11.6 Å². The summed E-state index contributed by atoms with van der Waals surface area (Å²) in [5, 5.41) is 0.781. The topological polar surface area (TPSA) is 32.5 Å². The fourth-order valence-electron chi connectivity index (χ4n) is 3.50. The van der Waals surface area contributed by atoms with Gasteiger partial charge in [-0.05, 0) is 44.1 Å². The van der Waals surface area contributed by atoms with Crippen LogP contribution in [0.5, 0.6) is 0 Å². The van der Waals surface area contributed by atoms with Crippen molar-refractivity contribution < 1.29 is 0 Å². The van der Waals surface area contributed by atoms with Crippen LogP contribution in [0.15, 0.2) is 24.3 Å². The zero-order valence-corrected chi connectivity index (χ0v) is 14.3. The molecule has 118 valence electrons. The molecule has 1 saturated heterocycles. The molecule has 0 aliphatic carbocycles. The van der Waals surface area contributed by atoms with Gasteiger partial charge in [0.1, 0.15) is 0 Å². The first-order chi connectivity index (χ1) is 9.93. The quantitative estimate of drug-likeness (QED) is 0.907. The number of nitrogens with two attached hydrogens (primary N) is 1. The van der Waals surface area contributed by atoms with Crippen LogP contribution in [0.3, 0.4) is 0 Å². The van der Waals surface area contributed by atoms with Gasteiger partial charge in [-0.25, -0.2) is 0 Å². The zero-order valence-electron chi connectivity index (χ0n) is 13.6. The Morgan fingerprint density at radius 2 is 1.90 bits per heavy atom. The van der Waals surface area contributed by atoms with E-state index in [9.17, 15) is 0 Å². The Morgan fingerprint density at radius 3 is 2.38 bits per heavy atom. The van der Waals surface area contributed by atoms with Crippen molar-refractivity contribution in [3.05, 3.63) is 34.9 Å². The minimum absolute atomic E-state index is 0.152. The zero-order chi connectivity index (χ0) is 15.6. The van der Waals surface area contributed by atoms with Crippen molar-refractivity contribution in [3.63, 3.8) is 0 Å². The van der Waals surface area contributed by atoms with Gasteiger partial charge in [0.15, 0.2) is 0 Å². The SMILES string of the molecule is CCC(N)C(c1ccc(Cl)cc1)N1CC(C)C(N(C)C)C1. The highest BCUT2D eigenvalue weighted by Crippen LogP contribution is 2.32. The third-order valence-corrected chi connectivity index (χ3v) is 5.00. The van der Waals surface area contributed by atoms with Crippen LogP contribution in [0, 0.1) is 5.92 Å². The summed E-state index contributed by atoms with van der Waals surface area (Å²) < 4.78 is 0. The van der Waals surface area contributed by atoms with E-state index in [1.54, 1.807) is 0 Å². The summed E-state index contributed by atoms with van der Waals surface area (Å²) in [4.78, 5) is 4.88. The molecule has 2 rings (SSSR count). The average molecular weight is 310 g/mol. The van der Waals surface area contributed by atoms with E-state index >= 15 is 0 Å². The van der Waals surface area contributed by atoms with Gasteiger partial charge >= 0.3 is 0 Å². The molecule has 1 aromatic carbocycles. The van der Waals surface area contributed by atoms with Crippen molar-refractivity contribution in [2.24, 2.45) is 11.7 Å². The summed E-state index contributed by atoms with van der Waals surface area (Å²) >= 11 is 6.03. The van der Waals surface area contributed by atoms with Gasteiger partial charge in [-0.2, -0.15) is 0 Å². The van der Waals surface area contributed by atoms with Crippen molar-refractivity contribution in [1.82, 2.24) is 9.80 Å². The lowest BCUT2D eigenvalue weighted by Gasteiger charge is -2.33. The number of likely N-dealkylation sites (N-methyl/N-ethyl adjacent to an activating group) is 1. The third kappa shape index (κ3) is 3.78. The molecule has 1 aliphatic rings. The largest absolute Gasteiger partial charge is 0.326 e. The molecule has 0 saturated carbocycles. The number of rotatable bonds is 5. The highest BCUT2D eigenvalue weighted by Gasteiger charge is 2.37. The summed E-state index contributed by atoms with van der Waals surface area (Å²) in [6.45, 7) is 6.68. The van der Waals surface area contributed by atoms with Crippen molar-refractivity contribution in [2.45, 2.75) is 38.4 Å². The minimum Gasteiger partial charge on any atom is -0.326 e. The second kappa shape index (κ2) is 7.10. The van der Waals surface area contributed by atoms with E-state index in [1.165, 1.54) is 5.56 Å². The van der Waals surface area contributed by atoms with Crippen LogP contribution in [0.1, 0.15) is 31.9 Å². The van der Waals surface area contributed by atoms with Gasteiger partial charge in [0.2, 0.25) is 0 Å². The Balaban J connectivity index is 2.23. The van der Waals surface area contributed by atoms with Gasteiger partial charge in [-0.15, -0.1) is 0 Å². The number of nitrogens with zero attached hydrogens (tertiary/aromatic N) is 2. The third-order valence-electron chi connectivity index (χ3n) is 4.75. The van der Waals surface area contributed by atoms with Gasteiger partial charge in [-0.3, -0.25) is 4.90 Å². The second-order valence-electron chi connectivity index (χ2n) is 6.53. The predicted molar refractivity (Wildman–Crippen MR) is 90.7 cm³/mol. The number of hydrogen-bond acceptors (Lipinski definition) is 3. The molecular formula is C17H28ClN3. The minimum atomic E-state index is 0.152. The van der Waals surface area contributed by atoms with E-state index in [4.69, 9.17) is 17.3 Å². The Kier molecular flexibility index (Phi) is 5.67. The van der Waals surface area contributed by atoms with Gasteiger partial charge in [-0.1, -0.05) is 37.6 Å². The Hall–Kier alpha value is -0.610. The summed E-state index contributed by atoms with van der Waals surface area (Å²) in [7, 11) is 4.34. The number of hydrogen-bond donors (Lipinski definition) is 1. The molecule has 0 spiro atoms. The van der Waals surface area contributed by atoms with Crippen LogP contribution in [0.4, 0.5) is 0 Å². The molecule has 21 heavy (non-hydrogen) atoms. The molecule has 3 nitrogen and oxygen atoms in total. The summed E-state index contributed by atoms with van der Waals surface area (Å²) in [5.41, 5.74) is 7.72. The highest BCUT2D eigenvalue weighted by molar-refractivity contribution is 6.30. The standard InChI is InChI=1S/C17H28ClN3/c1-5-15(19)17(13-6-8-14(18)9-7-13)21-10-12(2)16(11-21)20(3)4/h6-9,12,15-17H,5,10-11,19H2,1-4H3. The second-order valence-corrected chi connectivity index (χ2v) is 6.97. The molecule has 2 N–H and O–H groups in total. The first kappa shape index (κ1) is 16.8. The number of benzene rings is 1. The monoisotopic (exact) mass is 309 g/mol. The molecular weight excluding hydrogens is 282 g/mol. The first-order valence-electron chi connectivity index (χ1n) is 7.85. The van der Waals surface area contributed by atoms with Crippen molar-refractivity contribution >= 4 is 11.6 Å². The van der Waals surface area contributed by atoms with Crippen LogP contribution in [0.2, 0.25) is 5.02 Å². The van der Waals surface area contributed by atoms with Gasteiger partial charge in [0.25, 0.3) is 0 Å². The van der Waals surface area contributed by atoms with Crippen LogP contribution in [-0.2, 0) is 0 Å². The lowest BCUT2D eigenvalue weighted by atomic mass is 9.96. The van der Waals surface area contributed by atoms with Crippen LogP contribution < -0.4 is 5.73 Å². The van der Waals surface area contributed by atoms with Crippen molar-refractivity contribution in [1.29, 1.82) is 0 Å². The maximum Gasteiger partial charge on any atom is 0.0499 e. The van der Waals surface area contributed by atoms with Crippen molar-refractivity contribution in [2.75, 3.05) is 27.2 Å². The van der Waals surface area contributed by atoms with Gasteiger partial charge in [0.05, 0.1) is 0 Å². The normalized spacial score (nSPS) is 26.2. The number of likely N-dealkylation sites (tertiary alicyclic amines) is 1. The molecule has 1 aromatic rings. The molecule has 4 heteroatoms. The first-order valence-corrected chi connectivity index (χ1v) is 8.23. The lowest BCUT2D eigenvalue weighted by Crippen LogP contribution is -2.41. The van der Waals surface area contributed by atoms with E-state index < -0.39 is 0 Å². The summed E-state index contributed by atoms with van der Waals surface area (Å²) in [6, 6.07) is 9.21. The molecule has 1 heterocycles. The van der Waals surface area contributed by atoms with Crippen LogP contribution in [-0.4, -0.2) is 49.1 Å². The number of halogens is 1. The Labute approximate surface area is 134 Å². The molecule has 0 amide bonds. The Bertz CT molecular complexity index is 446. The molecule has 0 radical (unpaired) electrons. The molecule has 1 fully saturated rings.